The second-order valence-electron chi connectivity index (χ2n) is 8.11. The van der Waals surface area contributed by atoms with Crippen molar-refractivity contribution in [3.63, 3.8) is 0 Å². The predicted octanol–water partition coefficient (Wildman–Crippen LogP) is 5.31. The Kier molecular flexibility index (Phi) is 7.53. The number of esters is 1. The lowest BCUT2D eigenvalue weighted by atomic mass is 10.0. The van der Waals surface area contributed by atoms with Gasteiger partial charge in [0.1, 0.15) is 11.6 Å². The van der Waals surface area contributed by atoms with Crippen molar-refractivity contribution in [3.05, 3.63) is 95.0 Å². The van der Waals surface area contributed by atoms with Crippen molar-refractivity contribution in [1.29, 1.82) is 0 Å². The van der Waals surface area contributed by atoms with Gasteiger partial charge in [0.2, 0.25) is 5.28 Å². The van der Waals surface area contributed by atoms with Crippen LogP contribution in [0.15, 0.2) is 77.9 Å². The summed E-state index contributed by atoms with van der Waals surface area (Å²) in [6, 6.07) is 20.8. The van der Waals surface area contributed by atoms with E-state index >= 15 is 0 Å². The zero-order valence-electron chi connectivity index (χ0n) is 18.0. The molecule has 0 aliphatic rings. The Morgan fingerprint density at radius 3 is 2.10 bits per heavy atom. The van der Waals surface area contributed by atoms with Crippen molar-refractivity contribution >= 4 is 23.3 Å². The van der Waals surface area contributed by atoms with Crippen LogP contribution in [0.1, 0.15) is 44.0 Å². The molecular formula is C25H26ClN3O2. The minimum absolute atomic E-state index is 0.184. The zero-order chi connectivity index (χ0) is 22.3. The third kappa shape index (κ3) is 7.00. The van der Waals surface area contributed by atoms with E-state index in [0.29, 0.717) is 12.8 Å². The summed E-state index contributed by atoms with van der Waals surface area (Å²) in [4.78, 5) is 26.1. The van der Waals surface area contributed by atoms with Crippen LogP contribution in [0.5, 0.6) is 0 Å². The summed E-state index contributed by atoms with van der Waals surface area (Å²) in [7, 11) is 0. The molecule has 2 aromatic carbocycles. The SMILES string of the molecule is CC(C)(C)OC(=O)[C@H](CCc1ccnc(Cl)n1)N=C(c1ccccc1)c1ccccc1. The van der Waals surface area contributed by atoms with Gasteiger partial charge in [-0.2, -0.15) is 0 Å². The summed E-state index contributed by atoms with van der Waals surface area (Å²) in [6.45, 7) is 5.56. The van der Waals surface area contributed by atoms with Gasteiger partial charge >= 0.3 is 5.97 Å². The third-order valence-corrected chi connectivity index (χ3v) is 4.60. The fourth-order valence-electron chi connectivity index (χ4n) is 3.06. The standard InChI is InChI=1S/C25H26ClN3O2/c1-25(2,3)31-23(30)21(15-14-20-16-17-27-24(26)28-20)29-22(18-10-6-4-7-11-18)19-12-8-5-9-13-19/h4-13,16-17,21H,14-15H2,1-3H3/t21-/m0/s1. The second kappa shape index (κ2) is 10.3. The summed E-state index contributed by atoms with van der Waals surface area (Å²) in [6.07, 6.45) is 2.56. The van der Waals surface area contributed by atoms with E-state index in [-0.39, 0.29) is 11.3 Å². The van der Waals surface area contributed by atoms with Gasteiger partial charge in [-0.15, -0.1) is 0 Å². The highest BCUT2D eigenvalue weighted by Crippen LogP contribution is 2.18. The number of rotatable bonds is 7. The van der Waals surface area contributed by atoms with Crippen LogP contribution in [0.2, 0.25) is 5.28 Å². The van der Waals surface area contributed by atoms with Crippen LogP contribution in [-0.4, -0.2) is 33.3 Å². The van der Waals surface area contributed by atoms with Crippen molar-refractivity contribution in [2.75, 3.05) is 0 Å². The molecule has 0 aliphatic heterocycles. The molecule has 0 amide bonds. The molecule has 160 valence electrons. The fourth-order valence-corrected chi connectivity index (χ4v) is 3.23. The Balaban J connectivity index is 1.98. The van der Waals surface area contributed by atoms with Crippen LogP contribution in [0.25, 0.3) is 0 Å². The normalized spacial score (nSPS) is 12.1. The lowest BCUT2D eigenvalue weighted by molar-refractivity contribution is -0.156. The van der Waals surface area contributed by atoms with Gasteiger partial charge < -0.3 is 4.74 Å². The maximum Gasteiger partial charge on any atom is 0.331 e. The first-order valence-electron chi connectivity index (χ1n) is 10.2. The molecule has 5 nitrogen and oxygen atoms in total. The predicted molar refractivity (Wildman–Crippen MR) is 124 cm³/mol. The number of carbonyl (C=O) groups excluding carboxylic acids is 1. The van der Waals surface area contributed by atoms with E-state index in [2.05, 4.69) is 9.97 Å². The number of aliphatic imine (C=N–C) groups is 1. The van der Waals surface area contributed by atoms with Gasteiger partial charge in [0, 0.05) is 23.0 Å². The number of halogens is 1. The average molecular weight is 436 g/mol. The molecule has 1 aromatic heterocycles. The van der Waals surface area contributed by atoms with Crippen LogP contribution in [-0.2, 0) is 16.0 Å². The van der Waals surface area contributed by atoms with Gasteiger partial charge in [-0.25, -0.2) is 14.8 Å². The molecule has 0 saturated carbocycles. The summed E-state index contributed by atoms with van der Waals surface area (Å²) in [5.41, 5.74) is 2.77. The number of hydrogen-bond acceptors (Lipinski definition) is 5. The molecule has 1 heterocycles. The number of benzene rings is 2. The molecule has 3 aromatic rings. The summed E-state index contributed by atoms with van der Waals surface area (Å²) in [5.74, 6) is -0.364. The first kappa shape index (κ1) is 22.6. The number of carbonyl (C=O) groups is 1. The highest BCUT2D eigenvalue weighted by atomic mass is 35.5. The fraction of sp³-hybridized carbons (Fsp3) is 0.280. The van der Waals surface area contributed by atoms with E-state index in [1.54, 1.807) is 12.3 Å². The highest BCUT2D eigenvalue weighted by Gasteiger charge is 2.26. The van der Waals surface area contributed by atoms with Crippen molar-refractivity contribution in [2.24, 2.45) is 4.99 Å². The molecular weight excluding hydrogens is 410 g/mol. The topological polar surface area (TPSA) is 64.4 Å². The van der Waals surface area contributed by atoms with Gasteiger partial charge in [-0.3, -0.25) is 4.99 Å². The summed E-state index contributed by atoms with van der Waals surface area (Å²) >= 11 is 5.91. The molecule has 0 fully saturated rings. The first-order valence-corrected chi connectivity index (χ1v) is 10.6. The number of hydrogen-bond donors (Lipinski definition) is 0. The van der Waals surface area contributed by atoms with Gasteiger partial charge in [-0.1, -0.05) is 60.7 Å². The molecule has 0 bridgehead atoms. The van der Waals surface area contributed by atoms with Gasteiger partial charge in [0.05, 0.1) is 5.71 Å². The molecule has 0 radical (unpaired) electrons. The summed E-state index contributed by atoms with van der Waals surface area (Å²) in [5, 5.41) is 0.184. The van der Waals surface area contributed by atoms with E-state index < -0.39 is 11.6 Å². The first-order chi connectivity index (χ1) is 14.8. The van der Waals surface area contributed by atoms with Crippen molar-refractivity contribution < 1.29 is 9.53 Å². The molecule has 1 atom stereocenters. The van der Waals surface area contributed by atoms with Crippen LogP contribution < -0.4 is 0 Å². The maximum atomic E-state index is 13.1. The van der Waals surface area contributed by atoms with Gasteiger partial charge in [0.25, 0.3) is 0 Å². The van der Waals surface area contributed by atoms with E-state index in [0.717, 1.165) is 22.5 Å². The molecule has 31 heavy (non-hydrogen) atoms. The Hall–Kier alpha value is -3.05. The monoisotopic (exact) mass is 435 g/mol. The van der Waals surface area contributed by atoms with Crippen LogP contribution in [0.4, 0.5) is 0 Å². The third-order valence-electron chi connectivity index (χ3n) is 4.42. The van der Waals surface area contributed by atoms with Crippen molar-refractivity contribution in [1.82, 2.24) is 9.97 Å². The molecule has 6 heteroatoms. The quantitative estimate of drug-likeness (QED) is 0.286. The molecule has 0 spiro atoms. The van der Waals surface area contributed by atoms with Crippen LogP contribution in [0, 0.1) is 0 Å². The summed E-state index contributed by atoms with van der Waals surface area (Å²) < 4.78 is 5.68. The van der Waals surface area contributed by atoms with Gasteiger partial charge in [0.15, 0.2) is 0 Å². The second-order valence-corrected chi connectivity index (χ2v) is 8.45. The lowest BCUT2D eigenvalue weighted by Gasteiger charge is -2.23. The number of aromatic nitrogens is 2. The molecule has 0 saturated heterocycles. The Morgan fingerprint density at radius 2 is 1.58 bits per heavy atom. The smallest absolute Gasteiger partial charge is 0.331 e. The van der Waals surface area contributed by atoms with E-state index in [1.165, 1.54) is 0 Å². The average Bonchev–Trinajstić information content (AvgIpc) is 2.74. The minimum atomic E-state index is -0.691. The maximum absolute atomic E-state index is 13.1. The van der Waals surface area contributed by atoms with E-state index in [4.69, 9.17) is 21.3 Å². The number of nitrogens with zero attached hydrogens (tertiary/aromatic N) is 3. The largest absolute Gasteiger partial charge is 0.458 e. The van der Waals surface area contributed by atoms with Gasteiger partial charge in [-0.05, 0) is 51.3 Å². The molecule has 0 N–H and O–H groups in total. The Morgan fingerprint density at radius 1 is 1.00 bits per heavy atom. The minimum Gasteiger partial charge on any atom is -0.458 e. The molecule has 0 unspecified atom stereocenters. The van der Waals surface area contributed by atoms with E-state index in [9.17, 15) is 4.79 Å². The Bertz CT molecular complexity index is 990. The highest BCUT2D eigenvalue weighted by molar-refractivity contribution is 6.28. The van der Waals surface area contributed by atoms with Crippen molar-refractivity contribution in [2.45, 2.75) is 45.3 Å². The van der Waals surface area contributed by atoms with Crippen LogP contribution in [0.3, 0.4) is 0 Å². The Labute approximate surface area is 188 Å². The number of ether oxygens (including phenoxy) is 1. The molecule has 3 rings (SSSR count). The van der Waals surface area contributed by atoms with E-state index in [1.807, 2.05) is 81.4 Å². The van der Waals surface area contributed by atoms with Crippen molar-refractivity contribution in [3.8, 4) is 0 Å². The lowest BCUT2D eigenvalue weighted by Crippen LogP contribution is -2.32. The van der Waals surface area contributed by atoms with Crippen LogP contribution >= 0.6 is 11.6 Å². The zero-order valence-corrected chi connectivity index (χ0v) is 18.7. The molecule has 0 aliphatic carbocycles. The number of aryl methyl sites for hydroxylation is 1.